The van der Waals surface area contributed by atoms with Crippen molar-refractivity contribution in [3.8, 4) is 0 Å². The Morgan fingerprint density at radius 2 is 2.20 bits per heavy atom. The molecule has 0 unspecified atom stereocenters. The first-order valence-electron chi connectivity index (χ1n) is 8.35. The quantitative estimate of drug-likeness (QED) is 0.849. The number of Topliss-reactive ketones (excluding diaryl/α,β-unsaturated/α-hetero) is 1. The summed E-state index contributed by atoms with van der Waals surface area (Å²) in [5.74, 6) is -0.676. The molecule has 25 heavy (non-hydrogen) atoms. The number of ether oxygens (including phenoxy) is 2. The van der Waals surface area contributed by atoms with Gasteiger partial charge in [0.1, 0.15) is 11.3 Å². The van der Waals surface area contributed by atoms with E-state index in [1.807, 2.05) is 19.9 Å². The average molecular weight is 342 g/mol. The zero-order chi connectivity index (χ0) is 18.2. The zero-order valence-corrected chi connectivity index (χ0v) is 14.7. The molecule has 6 nitrogen and oxygen atoms in total. The van der Waals surface area contributed by atoms with Gasteiger partial charge in [-0.25, -0.2) is 4.79 Å². The van der Waals surface area contributed by atoms with Crippen molar-refractivity contribution in [2.45, 2.75) is 39.5 Å². The third-order valence-electron chi connectivity index (χ3n) is 4.47. The Kier molecular flexibility index (Phi) is 4.37. The molecule has 6 heteroatoms. The number of esters is 1. The fourth-order valence-electron chi connectivity index (χ4n) is 3.47. The van der Waals surface area contributed by atoms with Crippen LogP contribution in [0.1, 0.15) is 45.1 Å². The Morgan fingerprint density at radius 3 is 2.84 bits per heavy atom. The third-order valence-corrected chi connectivity index (χ3v) is 4.47. The van der Waals surface area contributed by atoms with Crippen molar-refractivity contribution in [1.82, 2.24) is 4.98 Å². The highest BCUT2D eigenvalue weighted by Crippen LogP contribution is 2.48. The molecule has 0 aromatic carbocycles. The lowest BCUT2D eigenvalue weighted by Gasteiger charge is -2.37. The average Bonchev–Trinajstić information content (AvgIpc) is 2.53. The minimum absolute atomic E-state index is 0.00319. The Morgan fingerprint density at radius 1 is 1.44 bits per heavy atom. The van der Waals surface area contributed by atoms with E-state index in [0.29, 0.717) is 24.2 Å². The summed E-state index contributed by atoms with van der Waals surface area (Å²) in [6.07, 6.45) is 4.25. The number of rotatable bonds is 3. The minimum atomic E-state index is -0.611. The van der Waals surface area contributed by atoms with Gasteiger partial charge in [-0.15, -0.1) is 0 Å². The van der Waals surface area contributed by atoms with E-state index >= 15 is 0 Å². The fourth-order valence-corrected chi connectivity index (χ4v) is 3.47. The maximum Gasteiger partial charge on any atom is 0.340 e. The summed E-state index contributed by atoms with van der Waals surface area (Å²) < 4.78 is 10.9. The number of allylic oxidation sites excluding steroid dienone is 2. The van der Waals surface area contributed by atoms with Crippen molar-refractivity contribution in [2.24, 2.45) is 11.1 Å². The Bertz CT molecular complexity index is 778. The highest BCUT2D eigenvalue weighted by atomic mass is 16.5. The second-order valence-corrected chi connectivity index (χ2v) is 7.10. The number of aromatic nitrogens is 1. The predicted molar refractivity (Wildman–Crippen MR) is 91.0 cm³/mol. The first-order valence-corrected chi connectivity index (χ1v) is 8.35. The Hall–Kier alpha value is -2.63. The van der Waals surface area contributed by atoms with Crippen LogP contribution < -0.4 is 5.73 Å². The largest absolute Gasteiger partial charge is 0.462 e. The molecule has 1 aliphatic carbocycles. The summed E-state index contributed by atoms with van der Waals surface area (Å²) in [5, 5.41) is 0. The number of nitrogens with zero attached hydrogens (tertiary/aromatic N) is 1. The molecule has 2 heterocycles. The second kappa shape index (κ2) is 6.35. The highest BCUT2D eigenvalue weighted by molar-refractivity contribution is 6.03. The predicted octanol–water partition coefficient (Wildman–Crippen LogP) is 2.57. The Balaban J connectivity index is 2.16. The van der Waals surface area contributed by atoms with Crippen molar-refractivity contribution < 1.29 is 19.1 Å². The molecule has 132 valence electrons. The van der Waals surface area contributed by atoms with Gasteiger partial charge in [0.05, 0.1) is 12.5 Å². The fraction of sp³-hybridized carbons (Fsp3) is 0.421. The number of hydrogen-bond donors (Lipinski definition) is 1. The van der Waals surface area contributed by atoms with Crippen molar-refractivity contribution in [1.29, 1.82) is 0 Å². The van der Waals surface area contributed by atoms with Crippen LogP contribution in [-0.4, -0.2) is 23.3 Å². The summed E-state index contributed by atoms with van der Waals surface area (Å²) in [4.78, 5) is 29.5. The molecule has 0 saturated heterocycles. The molecule has 2 N–H and O–H groups in total. The summed E-state index contributed by atoms with van der Waals surface area (Å²) in [6, 6.07) is 3.59. The van der Waals surface area contributed by atoms with Crippen molar-refractivity contribution in [2.75, 3.05) is 6.61 Å². The second-order valence-electron chi connectivity index (χ2n) is 7.10. The Labute approximate surface area is 146 Å². The van der Waals surface area contributed by atoms with Gasteiger partial charge in [-0.05, 0) is 24.0 Å². The number of nitrogens with two attached hydrogens (primary N) is 1. The van der Waals surface area contributed by atoms with Crippen LogP contribution in [0.5, 0.6) is 0 Å². The van der Waals surface area contributed by atoms with Crippen molar-refractivity contribution >= 4 is 11.8 Å². The van der Waals surface area contributed by atoms with E-state index in [-0.39, 0.29) is 29.3 Å². The lowest BCUT2D eigenvalue weighted by Crippen LogP contribution is -2.35. The van der Waals surface area contributed by atoms with Gasteiger partial charge in [-0.1, -0.05) is 19.9 Å². The van der Waals surface area contributed by atoms with E-state index < -0.39 is 11.9 Å². The molecule has 1 aromatic heterocycles. The van der Waals surface area contributed by atoms with Gasteiger partial charge in [0.25, 0.3) is 0 Å². The van der Waals surface area contributed by atoms with Crippen LogP contribution in [0.25, 0.3) is 0 Å². The van der Waals surface area contributed by atoms with Crippen LogP contribution in [0.4, 0.5) is 0 Å². The van der Waals surface area contributed by atoms with Crippen LogP contribution in [0.2, 0.25) is 0 Å². The van der Waals surface area contributed by atoms with Crippen LogP contribution in [0.15, 0.2) is 47.3 Å². The molecule has 0 fully saturated rings. The van der Waals surface area contributed by atoms with Crippen molar-refractivity contribution in [3.63, 3.8) is 0 Å². The number of carbonyl (C=O) groups is 2. The van der Waals surface area contributed by atoms with E-state index in [2.05, 4.69) is 4.98 Å². The molecule has 2 aliphatic rings. The molecule has 3 rings (SSSR count). The molecule has 0 saturated carbocycles. The molecule has 0 bridgehead atoms. The summed E-state index contributed by atoms with van der Waals surface area (Å²) in [6.45, 7) is 5.95. The van der Waals surface area contributed by atoms with Gasteiger partial charge in [0, 0.05) is 30.8 Å². The van der Waals surface area contributed by atoms with E-state index in [0.717, 1.165) is 5.56 Å². The van der Waals surface area contributed by atoms with Crippen LogP contribution >= 0.6 is 0 Å². The minimum Gasteiger partial charge on any atom is -0.462 e. The molecule has 1 atom stereocenters. The van der Waals surface area contributed by atoms with Gasteiger partial charge in [0.15, 0.2) is 5.78 Å². The summed E-state index contributed by atoms with van der Waals surface area (Å²) in [7, 11) is 0. The molecule has 0 amide bonds. The van der Waals surface area contributed by atoms with Crippen molar-refractivity contribution in [3.05, 3.63) is 52.9 Å². The van der Waals surface area contributed by atoms with E-state index in [4.69, 9.17) is 15.2 Å². The summed E-state index contributed by atoms with van der Waals surface area (Å²) >= 11 is 0. The number of pyridine rings is 1. The smallest absolute Gasteiger partial charge is 0.340 e. The van der Waals surface area contributed by atoms with Crippen LogP contribution in [0, 0.1) is 5.41 Å². The molecule has 0 spiro atoms. The van der Waals surface area contributed by atoms with Gasteiger partial charge in [-0.3, -0.25) is 9.78 Å². The maximum atomic E-state index is 12.9. The lowest BCUT2D eigenvalue weighted by molar-refractivity contribution is -0.139. The molecule has 1 aliphatic heterocycles. The van der Waals surface area contributed by atoms with E-state index in [1.165, 1.54) is 0 Å². The van der Waals surface area contributed by atoms with Gasteiger partial charge in [0.2, 0.25) is 5.88 Å². The van der Waals surface area contributed by atoms with E-state index in [1.54, 1.807) is 25.4 Å². The number of ketones is 1. The number of hydrogen-bond acceptors (Lipinski definition) is 6. The summed E-state index contributed by atoms with van der Waals surface area (Å²) in [5.41, 5.74) is 7.24. The van der Waals surface area contributed by atoms with Gasteiger partial charge >= 0.3 is 5.97 Å². The topological polar surface area (TPSA) is 91.5 Å². The first kappa shape index (κ1) is 17.2. The normalized spacial score (nSPS) is 22.4. The monoisotopic (exact) mass is 342 g/mol. The van der Waals surface area contributed by atoms with Crippen LogP contribution in [0.3, 0.4) is 0 Å². The standard InChI is InChI=1S/C19H22N2O4/c1-4-24-18(23)16-14(11-6-5-7-21-10-11)15-12(22)8-19(2,3)9-13(15)25-17(16)20/h5-7,10,14H,4,8-9,20H2,1-3H3/t14-/m1/s1. The zero-order valence-electron chi connectivity index (χ0n) is 14.7. The first-order chi connectivity index (χ1) is 11.8. The molecular formula is C19H22N2O4. The number of carbonyl (C=O) groups excluding carboxylic acids is 2. The highest BCUT2D eigenvalue weighted by Gasteiger charge is 2.45. The molecular weight excluding hydrogens is 320 g/mol. The van der Waals surface area contributed by atoms with Crippen LogP contribution in [-0.2, 0) is 19.1 Å². The van der Waals surface area contributed by atoms with Gasteiger partial charge < -0.3 is 15.2 Å². The maximum absolute atomic E-state index is 12.9. The third kappa shape index (κ3) is 3.16. The SMILES string of the molecule is CCOC(=O)C1=C(N)OC2=C(C(=O)CC(C)(C)C2)[C@H]1c1cccnc1. The van der Waals surface area contributed by atoms with E-state index in [9.17, 15) is 9.59 Å². The molecule has 0 radical (unpaired) electrons. The van der Waals surface area contributed by atoms with Gasteiger partial charge in [-0.2, -0.15) is 0 Å². The lowest BCUT2D eigenvalue weighted by atomic mass is 9.70. The molecule has 1 aromatic rings.